The van der Waals surface area contributed by atoms with Gasteiger partial charge in [0, 0.05) is 16.6 Å². The summed E-state index contributed by atoms with van der Waals surface area (Å²) in [5.41, 5.74) is 6.63. The van der Waals surface area contributed by atoms with E-state index in [4.69, 9.17) is 10.2 Å². The molecule has 0 unspecified atom stereocenters. The third-order valence-electron chi connectivity index (χ3n) is 3.04. The molecule has 0 fully saturated rings. The Kier molecular flexibility index (Phi) is 3.87. The number of nitrogen functional groups attached to an aromatic ring is 1. The molecule has 0 amide bonds. The summed E-state index contributed by atoms with van der Waals surface area (Å²) < 4.78 is 5.45. The molecule has 6 heteroatoms. The minimum absolute atomic E-state index is 0.292. The number of nitrogens with zero attached hydrogens (tertiary/aromatic N) is 3. The smallest absolute Gasteiger partial charge is 0.222 e. The second-order valence-corrected chi connectivity index (χ2v) is 5.77. The first-order chi connectivity index (χ1) is 10.2. The molecule has 3 rings (SSSR count). The van der Waals surface area contributed by atoms with Crippen LogP contribution in [-0.4, -0.2) is 9.97 Å². The van der Waals surface area contributed by atoms with E-state index in [2.05, 4.69) is 26.3 Å². The van der Waals surface area contributed by atoms with Gasteiger partial charge in [-0.3, -0.25) is 0 Å². The number of furan rings is 1. The van der Waals surface area contributed by atoms with Crippen LogP contribution in [0.1, 0.15) is 16.3 Å². The Labute approximate surface area is 127 Å². The number of nitrogens with two attached hydrogens (primary N) is 1. The first-order valence-electron chi connectivity index (χ1n) is 6.61. The second-order valence-electron chi connectivity index (χ2n) is 4.74. The van der Waals surface area contributed by atoms with Crippen LogP contribution in [0.25, 0.3) is 0 Å². The summed E-state index contributed by atoms with van der Waals surface area (Å²) in [6.07, 6.45) is 1.68. The average Bonchev–Trinajstić information content (AvgIpc) is 3.10. The third-order valence-corrected chi connectivity index (χ3v) is 3.90. The van der Waals surface area contributed by atoms with Crippen molar-refractivity contribution in [1.29, 1.82) is 0 Å². The van der Waals surface area contributed by atoms with Gasteiger partial charge in [0.1, 0.15) is 11.6 Å². The molecule has 0 aliphatic heterocycles. The van der Waals surface area contributed by atoms with Gasteiger partial charge < -0.3 is 15.1 Å². The molecule has 3 heterocycles. The molecular weight excluding hydrogens is 284 g/mol. The molecule has 0 saturated carbocycles. The van der Waals surface area contributed by atoms with Gasteiger partial charge in [0.2, 0.25) is 5.95 Å². The van der Waals surface area contributed by atoms with Crippen molar-refractivity contribution >= 4 is 23.1 Å². The molecule has 3 aromatic rings. The number of hydrogen-bond acceptors (Lipinski definition) is 6. The highest BCUT2D eigenvalue weighted by Crippen LogP contribution is 2.21. The van der Waals surface area contributed by atoms with E-state index in [0.29, 0.717) is 12.5 Å². The van der Waals surface area contributed by atoms with E-state index in [9.17, 15) is 0 Å². The largest absolute Gasteiger partial charge is 0.467 e. The Morgan fingerprint density at radius 3 is 2.81 bits per heavy atom. The van der Waals surface area contributed by atoms with Crippen LogP contribution < -0.4 is 10.6 Å². The average molecular weight is 300 g/mol. The van der Waals surface area contributed by atoms with Crippen LogP contribution in [0.15, 0.2) is 46.4 Å². The number of aromatic nitrogens is 2. The molecule has 2 N–H and O–H groups in total. The van der Waals surface area contributed by atoms with E-state index in [1.165, 1.54) is 4.88 Å². The molecule has 21 heavy (non-hydrogen) atoms. The zero-order valence-corrected chi connectivity index (χ0v) is 12.5. The van der Waals surface area contributed by atoms with Crippen LogP contribution in [-0.2, 0) is 13.1 Å². The Hall–Kier alpha value is -2.34. The highest BCUT2D eigenvalue weighted by Gasteiger charge is 2.13. The number of rotatable bonds is 5. The number of aryl methyl sites for hydroxylation is 1. The van der Waals surface area contributed by atoms with Crippen molar-refractivity contribution in [1.82, 2.24) is 9.97 Å². The second kappa shape index (κ2) is 5.97. The highest BCUT2D eigenvalue weighted by molar-refractivity contribution is 7.09. The summed E-state index contributed by atoms with van der Waals surface area (Å²) in [6, 6.07) is 9.94. The zero-order valence-electron chi connectivity index (χ0n) is 11.7. The highest BCUT2D eigenvalue weighted by atomic mass is 32.1. The van der Waals surface area contributed by atoms with Crippen LogP contribution in [0.4, 0.5) is 11.8 Å². The third kappa shape index (κ3) is 3.41. The lowest BCUT2D eigenvalue weighted by Gasteiger charge is -2.22. The van der Waals surface area contributed by atoms with Crippen LogP contribution in [0.3, 0.4) is 0 Å². The fourth-order valence-corrected chi connectivity index (χ4v) is 2.86. The van der Waals surface area contributed by atoms with Gasteiger partial charge in [-0.1, -0.05) is 6.07 Å². The molecule has 0 atom stereocenters. The summed E-state index contributed by atoms with van der Waals surface area (Å²) in [6.45, 7) is 3.31. The van der Waals surface area contributed by atoms with E-state index in [0.717, 1.165) is 23.8 Å². The van der Waals surface area contributed by atoms with E-state index < -0.39 is 0 Å². The lowest BCUT2D eigenvalue weighted by atomic mass is 10.3. The molecule has 0 aromatic carbocycles. The lowest BCUT2D eigenvalue weighted by Crippen LogP contribution is -2.23. The van der Waals surface area contributed by atoms with E-state index in [-0.39, 0.29) is 0 Å². The van der Waals surface area contributed by atoms with Gasteiger partial charge in [-0.15, -0.1) is 11.3 Å². The topological polar surface area (TPSA) is 68.2 Å². The SMILES string of the molecule is Cc1cc(N(Cc2ccco2)Cc2cccs2)nc(N)n1. The summed E-state index contributed by atoms with van der Waals surface area (Å²) >= 11 is 1.72. The maximum absolute atomic E-state index is 5.77. The maximum atomic E-state index is 5.77. The summed E-state index contributed by atoms with van der Waals surface area (Å²) in [4.78, 5) is 11.9. The van der Waals surface area contributed by atoms with Crippen molar-refractivity contribution in [3.05, 3.63) is 58.3 Å². The minimum Gasteiger partial charge on any atom is -0.467 e. The Bertz CT molecular complexity index is 638. The Balaban J connectivity index is 1.90. The van der Waals surface area contributed by atoms with Gasteiger partial charge in [0.05, 0.1) is 19.4 Å². The number of thiophene rings is 1. The predicted octanol–water partition coefficient (Wildman–Crippen LogP) is 3.23. The number of anilines is 2. The van der Waals surface area contributed by atoms with Gasteiger partial charge in [0.25, 0.3) is 0 Å². The lowest BCUT2D eigenvalue weighted by molar-refractivity contribution is 0.501. The quantitative estimate of drug-likeness (QED) is 0.783. The molecule has 0 spiro atoms. The van der Waals surface area contributed by atoms with Gasteiger partial charge >= 0.3 is 0 Å². The Morgan fingerprint density at radius 2 is 2.14 bits per heavy atom. The van der Waals surface area contributed by atoms with Gasteiger partial charge in [-0.05, 0) is 30.5 Å². The van der Waals surface area contributed by atoms with Crippen LogP contribution in [0, 0.1) is 6.92 Å². The molecule has 5 nitrogen and oxygen atoms in total. The summed E-state index contributed by atoms with van der Waals surface area (Å²) in [5, 5.41) is 2.07. The molecule has 0 aliphatic carbocycles. The number of hydrogen-bond donors (Lipinski definition) is 1. The van der Waals surface area contributed by atoms with Gasteiger partial charge in [0.15, 0.2) is 0 Å². The van der Waals surface area contributed by atoms with E-state index in [1.807, 2.05) is 31.2 Å². The van der Waals surface area contributed by atoms with Gasteiger partial charge in [-0.25, -0.2) is 4.98 Å². The predicted molar refractivity (Wildman–Crippen MR) is 84.1 cm³/mol. The monoisotopic (exact) mass is 300 g/mol. The first kappa shape index (κ1) is 13.6. The van der Waals surface area contributed by atoms with Crippen LogP contribution in [0.2, 0.25) is 0 Å². The van der Waals surface area contributed by atoms with E-state index >= 15 is 0 Å². The van der Waals surface area contributed by atoms with Crippen molar-refractivity contribution in [3.63, 3.8) is 0 Å². The normalized spacial score (nSPS) is 10.7. The molecule has 0 radical (unpaired) electrons. The fourth-order valence-electron chi connectivity index (χ4n) is 2.14. The van der Waals surface area contributed by atoms with Gasteiger partial charge in [-0.2, -0.15) is 4.98 Å². The van der Waals surface area contributed by atoms with Crippen LogP contribution >= 0.6 is 11.3 Å². The zero-order chi connectivity index (χ0) is 14.7. The standard InChI is InChI=1S/C15H16N4OS/c1-11-8-14(18-15(16)17-11)19(9-12-4-2-6-20-12)10-13-5-3-7-21-13/h2-8H,9-10H2,1H3,(H2,16,17,18). The van der Waals surface area contributed by atoms with Crippen molar-refractivity contribution in [2.45, 2.75) is 20.0 Å². The molecule has 0 saturated heterocycles. The fraction of sp³-hybridized carbons (Fsp3) is 0.200. The molecule has 3 aromatic heterocycles. The molecule has 0 bridgehead atoms. The summed E-state index contributed by atoms with van der Waals surface area (Å²) in [7, 11) is 0. The molecule has 0 aliphatic rings. The van der Waals surface area contributed by atoms with Crippen molar-refractivity contribution in [3.8, 4) is 0 Å². The molecule has 108 valence electrons. The van der Waals surface area contributed by atoms with Crippen LogP contribution in [0.5, 0.6) is 0 Å². The summed E-state index contributed by atoms with van der Waals surface area (Å²) in [5.74, 6) is 1.99. The van der Waals surface area contributed by atoms with Crippen molar-refractivity contribution in [2.24, 2.45) is 0 Å². The Morgan fingerprint density at radius 1 is 1.24 bits per heavy atom. The van der Waals surface area contributed by atoms with Crippen molar-refractivity contribution in [2.75, 3.05) is 10.6 Å². The minimum atomic E-state index is 0.292. The maximum Gasteiger partial charge on any atom is 0.222 e. The van der Waals surface area contributed by atoms with Crippen molar-refractivity contribution < 1.29 is 4.42 Å². The first-order valence-corrected chi connectivity index (χ1v) is 7.49. The van der Waals surface area contributed by atoms with E-state index in [1.54, 1.807) is 17.6 Å². The molecular formula is C15H16N4OS.